The average molecular weight is 382 g/mol. The maximum absolute atomic E-state index is 12.8. The first-order chi connectivity index (χ1) is 13.3. The van der Waals surface area contributed by atoms with Crippen LogP contribution in [0, 0.1) is 13.8 Å². The number of aryl methyl sites for hydroxylation is 2. The summed E-state index contributed by atoms with van der Waals surface area (Å²) in [5.41, 5.74) is 5.33. The summed E-state index contributed by atoms with van der Waals surface area (Å²) in [5, 5.41) is 8.67. The Morgan fingerprint density at radius 1 is 1.18 bits per heavy atom. The van der Waals surface area contributed by atoms with Crippen LogP contribution in [0.5, 0.6) is 5.75 Å². The van der Waals surface area contributed by atoms with Crippen LogP contribution in [0.25, 0.3) is 0 Å². The maximum atomic E-state index is 12.8. The molecule has 0 saturated carbocycles. The van der Waals surface area contributed by atoms with Crippen molar-refractivity contribution >= 4 is 11.8 Å². The molecule has 0 radical (unpaired) electrons. The number of hydrogen-bond donors (Lipinski definition) is 2. The third-order valence-corrected chi connectivity index (χ3v) is 5.28. The maximum Gasteiger partial charge on any atom is 0.262 e. The number of ether oxygens (including phenoxy) is 1. The fourth-order valence-corrected chi connectivity index (χ4v) is 3.78. The smallest absolute Gasteiger partial charge is 0.262 e. The summed E-state index contributed by atoms with van der Waals surface area (Å²) < 4.78 is 5.89. The predicted molar refractivity (Wildman–Crippen MR) is 105 cm³/mol. The van der Waals surface area contributed by atoms with Crippen molar-refractivity contribution in [1.29, 1.82) is 0 Å². The molecule has 1 aliphatic rings. The van der Waals surface area contributed by atoms with E-state index in [4.69, 9.17) is 9.94 Å². The van der Waals surface area contributed by atoms with Crippen molar-refractivity contribution in [1.82, 2.24) is 10.4 Å². The lowest BCUT2D eigenvalue weighted by atomic mass is 9.81. The van der Waals surface area contributed by atoms with E-state index in [0.717, 1.165) is 16.9 Å². The van der Waals surface area contributed by atoms with Gasteiger partial charge in [-0.25, -0.2) is 5.48 Å². The van der Waals surface area contributed by atoms with Gasteiger partial charge in [0, 0.05) is 6.54 Å². The average Bonchev–Trinajstić information content (AvgIpc) is 2.95. The Morgan fingerprint density at radius 3 is 2.43 bits per heavy atom. The molecule has 2 N–H and O–H groups in total. The van der Waals surface area contributed by atoms with E-state index in [9.17, 15) is 9.59 Å². The number of hydrogen-bond acceptors (Lipinski definition) is 4. The summed E-state index contributed by atoms with van der Waals surface area (Å²) in [7, 11) is 0. The van der Waals surface area contributed by atoms with Gasteiger partial charge in [0.05, 0.1) is 5.41 Å². The Bertz CT molecular complexity index is 858. The second kappa shape index (κ2) is 8.02. The topological polar surface area (TPSA) is 78.9 Å². The van der Waals surface area contributed by atoms with Gasteiger partial charge in [-0.05, 0) is 50.5 Å². The molecule has 0 aromatic heterocycles. The van der Waals surface area contributed by atoms with Gasteiger partial charge >= 0.3 is 0 Å². The number of carbonyl (C=O) groups excluding carboxylic acids is 2. The Morgan fingerprint density at radius 2 is 1.82 bits per heavy atom. The molecule has 1 aliphatic heterocycles. The second-order valence-electron chi connectivity index (χ2n) is 7.65. The molecule has 1 atom stereocenters. The summed E-state index contributed by atoms with van der Waals surface area (Å²) in [6, 6.07) is 13.9. The van der Waals surface area contributed by atoms with Gasteiger partial charge in [-0.2, -0.15) is 0 Å². The number of likely N-dealkylation sites (tertiary alicyclic amines) is 1. The highest BCUT2D eigenvalue weighted by atomic mass is 16.5. The molecule has 1 saturated heterocycles. The van der Waals surface area contributed by atoms with Gasteiger partial charge in [-0.15, -0.1) is 0 Å². The van der Waals surface area contributed by atoms with Crippen molar-refractivity contribution in [3.8, 4) is 5.75 Å². The molecule has 1 fully saturated rings. The lowest BCUT2D eigenvalue weighted by molar-refractivity contribution is -0.139. The number of nitrogens with one attached hydrogen (secondary N) is 1. The molecule has 148 valence electrons. The second-order valence-corrected chi connectivity index (χ2v) is 7.65. The third kappa shape index (κ3) is 4.17. The summed E-state index contributed by atoms with van der Waals surface area (Å²) >= 11 is 0. The van der Waals surface area contributed by atoms with Crippen LogP contribution in [-0.4, -0.2) is 35.0 Å². The van der Waals surface area contributed by atoms with Crippen LogP contribution in [-0.2, 0) is 21.6 Å². The number of benzene rings is 2. The summed E-state index contributed by atoms with van der Waals surface area (Å²) in [6.45, 7) is 6.85. The van der Waals surface area contributed by atoms with Crippen LogP contribution in [0.1, 0.15) is 35.6 Å². The van der Waals surface area contributed by atoms with Gasteiger partial charge < -0.3 is 9.64 Å². The number of nitrogens with zero attached hydrogens (tertiary/aromatic N) is 1. The van der Waals surface area contributed by atoms with E-state index in [2.05, 4.69) is 32.0 Å². The summed E-state index contributed by atoms with van der Waals surface area (Å²) in [4.78, 5) is 25.6. The highest BCUT2D eigenvalue weighted by Gasteiger charge is 2.44. The number of rotatable bonds is 6. The van der Waals surface area contributed by atoms with Crippen LogP contribution >= 0.6 is 0 Å². The summed E-state index contributed by atoms with van der Waals surface area (Å²) in [6.07, 6.45) is 0.618. The zero-order valence-corrected chi connectivity index (χ0v) is 16.5. The predicted octanol–water partition coefficient (Wildman–Crippen LogP) is 2.88. The minimum atomic E-state index is -0.679. The Kier molecular flexibility index (Phi) is 5.70. The van der Waals surface area contributed by atoms with Crippen molar-refractivity contribution in [2.24, 2.45) is 0 Å². The summed E-state index contributed by atoms with van der Waals surface area (Å²) in [5.74, 6) is 0.0428. The van der Waals surface area contributed by atoms with Crippen molar-refractivity contribution in [3.05, 3.63) is 64.7 Å². The highest BCUT2D eigenvalue weighted by molar-refractivity contribution is 5.93. The number of hydroxylamine groups is 1. The van der Waals surface area contributed by atoms with E-state index < -0.39 is 11.3 Å². The standard InChI is InChI=1S/C22H26N2O4/c1-15-10-16(2)12-17(11-15)14-28-19-6-4-18(5-7-19)22(3)8-9-24(21(22)26)13-20(25)23-27/h4-7,10-12,27H,8-9,13-14H2,1-3H3,(H,23,25)/t22-/m0/s1. The van der Waals surface area contributed by atoms with Gasteiger partial charge in [0.25, 0.3) is 5.91 Å². The molecular formula is C22H26N2O4. The highest BCUT2D eigenvalue weighted by Crippen LogP contribution is 2.36. The molecule has 6 heteroatoms. The van der Waals surface area contributed by atoms with Crippen molar-refractivity contribution < 1.29 is 19.5 Å². The normalized spacial score (nSPS) is 19.0. The monoisotopic (exact) mass is 382 g/mol. The fraction of sp³-hybridized carbons (Fsp3) is 0.364. The molecule has 0 spiro atoms. The van der Waals surface area contributed by atoms with Crippen LogP contribution < -0.4 is 10.2 Å². The molecule has 1 heterocycles. The van der Waals surface area contributed by atoms with Crippen LogP contribution in [0.15, 0.2) is 42.5 Å². The minimum Gasteiger partial charge on any atom is -0.489 e. The van der Waals surface area contributed by atoms with E-state index in [1.807, 2.05) is 31.2 Å². The number of amides is 2. The molecule has 2 aromatic rings. The van der Waals surface area contributed by atoms with Crippen LogP contribution in [0.4, 0.5) is 0 Å². The van der Waals surface area contributed by atoms with E-state index in [-0.39, 0.29) is 12.5 Å². The first-order valence-corrected chi connectivity index (χ1v) is 9.34. The van der Waals surface area contributed by atoms with Crippen molar-refractivity contribution in [3.63, 3.8) is 0 Å². The first-order valence-electron chi connectivity index (χ1n) is 9.34. The fourth-order valence-electron chi connectivity index (χ4n) is 3.78. The van der Waals surface area contributed by atoms with Crippen molar-refractivity contribution in [2.75, 3.05) is 13.1 Å². The molecule has 6 nitrogen and oxygen atoms in total. The third-order valence-electron chi connectivity index (χ3n) is 5.28. The quantitative estimate of drug-likeness (QED) is 0.595. The first kappa shape index (κ1) is 19.9. The largest absolute Gasteiger partial charge is 0.489 e. The molecule has 0 unspecified atom stereocenters. The molecule has 2 amide bonds. The van der Waals surface area contributed by atoms with Gasteiger partial charge in [-0.3, -0.25) is 14.8 Å². The van der Waals surface area contributed by atoms with Crippen LogP contribution in [0.2, 0.25) is 0 Å². The Balaban J connectivity index is 1.66. The number of carbonyl (C=O) groups is 2. The zero-order valence-electron chi connectivity index (χ0n) is 16.5. The minimum absolute atomic E-state index is 0.111. The van der Waals surface area contributed by atoms with E-state index in [1.54, 1.807) is 5.48 Å². The molecule has 2 aromatic carbocycles. The zero-order chi connectivity index (χ0) is 20.3. The Labute approximate surface area is 165 Å². The van der Waals surface area contributed by atoms with E-state index in [1.165, 1.54) is 16.0 Å². The van der Waals surface area contributed by atoms with Crippen molar-refractivity contribution in [2.45, 2.75) is 39.2 Å². The molecule has 28 heavy (non-hydrogen) atoms. The van der Waals surface area contributed by atoms with E-state index in [0.29, 0.717) is 19.6 Å². The molecule has 0 bridgehead atoms. The van der Waals surface area contributed by atoms with Gasteiger partial charge in [0.2, 0.25) is 5.91 Å². The Hall–Kier alpha value is -2.86. The van der Waals surface area contributed by atoms with Gasteiger partial charge in [0.15, 0.2) is 0 Å². The lowest BCUT2D eigenvalue weighted by Gasteiger charge is -2.24. The lowest BCUT2D eigenvalue weighted by Crippen LogP contribution is -2.41. The SMILES string of the molecule is Cc1cc(C)cc(COc2ccc([C@]3(C)CCN(CC(=O)NO)C3=O)cc2)c1. The molecule has 3 rings (SSSR count). The van der Waals surface area contributed by atoms with Gasteiger partial charge in [-0.1, -0.05) is 41.5 Å². The molecular weight excluding hydrogens is 356 g/mol. The van der Waals surface area contributed by atoms with Crippen LogP contribution in [0.3, 0.4) is 0 Å². The van der Waals surface area contributed by atoms with Gasteiger partial charge in [0.1, 0.15) is 18.9 Å². The van der Waals surface area contributed by atoms with E-state index >= 15 is 0 Å². The molecule has 0 aliphatic carbocycles.